The lowest BCUT2D eigenvalue weighted by atomic mass is 10.2. The molecule has 1 heterocycles. The van der Waals surface area contributed by atoms with Crippen molar-refractivity contribution in [2.75, 3.05) is 19.8 Å². The van der Waals surface area contributed by atoms with E-state index in [0.29, 0.717) is 5.03 Å². The maximum absolute atomic E-state index is 11.9. The summed E-state index contributed by atoms with van der Waals surface area (Å²) in [5.41, 5.74) is 0. The van der Waals surface area contributed by atoms with E-state index >= 15 is 0 Å². The van der Waals surface area contributed by atoms with Gasteiger partial charge in [0.2, 0.25) is 15.9 Å². The monoisotopic (exact) mass is 345 g/mol. The Labute approximate surface area is 136 Å². The lowest BCUT2D eigenvalue weighted by Gasteiger charge is -2.14. The van der Waals surface area contributed by atoms with Gasteiger partial charge in [-0.3, -0.25) is 4.79 Å². The molecule has 0 aliphatic carbocycles. The van der Waals surface area contributed by atoms with Crippen molar-refractivity contribution in [1.29, 1.82) is 0 Å². The van der Waals surface area contributed by atoms with E-state index in [9.17, 15) is 13.2 Å². The maximum Gasteiger partial charge on any atom is 0.244 e. The van der Waals surface area contributed by atoms with Gasteiger partial charge in [-0.15, -0.1) is 0 Å². The normalized spacial score (nSPS) is 11.9. The number of hydrogen-bond acceptors (Lipinski definition) is 5. The largest absolute Gasteiger partial charge is 0.353 e. The molecule has 0 bridgehead atoms. The summed E-state index contributed by atoms with van der Waals surface area (Å²) >= 11 is 1.29. The predicted octanol–water partition coefficient (Wildman–Crippen LogP) is 1.73. The first-order valence-electron chi connectivity index (χ1n) is 7.12. The van der Waals surface area contributed by atoms with Gasteiger partial charge in [0.25, 0.3) is 0 Å². The van der Waals surface area contributed by atoms with E-state index in [-0.39, 0.29) is 22.6 Å². The summed E-state index contributed by atoms with van der Waals surface area (Å²) in [5, 5.41) is 3.57. The molecule has 0 unspecified atom stereocenters. The summed E-state index contributed by atoms with van der Waals surface area (Å²) in [6, 6.07) is 3.32. The Morgan fingerprint density at radius 2 is 1.95 bits per heavy atom. The van der Waals surface area contributed by atoms with Crippen LogP contribution in [0.1, 0.15) is 26.7 Å². The van der Waals surface area contributed by atoms with Gasteiger partial charge in [-0.05, 0) is 25.0 Å². The van der Waals surface area contributed by atoms with Crippen LogP contribution in [-0.2, 0) is 14.8 Å². The van der Waals surface area contributed by atoms with Gasteiger partial charge in [-0.2, -0.15) is 0 Å². The molecule has 1 N–H and O–H groups in total. The molecule has 1 aromatic rings. The molecule has 22 heavy (non-hydrogen) atoms. The number of hydrogen-bond donors (Lipinski definition) is 1. The Bertz CT molecular complexity index is 582. The van der Waals surface area contributed by atoms with Crippen molar-refractivity contribution in [3.05, 3.63) is 18.3 Å². The number of carbonyl (C=O) groups excluding carboxylic acids is 1. The summed E-state index contributed by atoms with van der Waals surface area (Å²) in [6.45, 7) is 4.07. The van der Waals surface area contributed by atoms with Crippen LogP contribution >= 0.6 is 11.8 Å². The number of amides is 1. The number of nitrogens with one attached hydrogen (secondary N) is 1. The fourth-order valence-corrected chi connectivity index (χ4v) is 3.22. The van der Waals surface area contributed by atoms with E-state index < -0.39 is 10.0 Å². The first-order valence-corrected chi connectivity index (χ1v) is 9.54. The minimum absolute atomic E-state index is 0.0366. The highest BCUT2D eigenvalue weighted by atomic mass is 32.2. The minimum Gasteiger partial charge on any atom is -0.353 e. The molecule has 0 radical (unpaired) electrons. The van der Waals surface area contributed by atoms with Crippen LogP contribution in [0.5, 0.6) is 0 Å². The molecule has 1 aromatic heterocycles. The van der Waals surface area contributed by atoms with E-state index in [1.165, 1.54) is 38.1 Å². The molecule has 0 saturated carbocycles. The summed E-state index contributed by atoms with van der Waals surface area (Å²) in [4.78, 5) is 16.0. The standard InChI is InChI=1S/C14H23N3O3S2/c1-5-11(6-2)16-13(18)10-21-14-8-7-12(9-15-14)22(19,20)17(3)4/h7-9,11H,5-6,10H2,1-4H3,(H,16,18). The quantitative estimate of drug-likeness (QED) is 0.726. The van der Waals surface area contributed by atoms with Crippen LogP contribution in [0.2, 0.25) is 0 Å². The van der Waals surface area contributed by atoms with E-state index in [1.54, 1.807) is 6.07 Å². The van der Waals surface area contributed by atoms with Gasteiger partial charge in [0.05, 0.1) is 10.8 Å². The van der Waals surface area contributed by atoms with Crippen molar-refractivity contribution in [2.24, 2.45) is 0 Å². The van der Waals surface area contributed by atoms with Crippen LogP contribution in [0.15, 0.2) is 28.3 Å². The molecular weight excluding hydrogens is 322 g/mol. The smallest absolute Gasteiger partial charge is 0.244 e. The number of rotatable bonds is 8. The first-order chi connectivity index (χ1) is 10.3. The zero-order chi connectivity index (χ0) is 16.8. The van der Waals surface area contributed by atoms with Gasteiger partial charge in [-0.25, -0.2) is 17.7 Å². The molecule has 0 fully saturated rings. The van der Waals surface area contributed by atoms with Gasteiger partial charge in [0, 0.05) is 26.3 Å². The number of aromatic nitrogens is 1. The van der Waals surface area contributed by atoms with Crippen molar-refractivity contribution in [2.45, 2.75) is 42.7 Å². The number of nitrogens with zero attached hydrogens (tertiary/aromatic N) is 2. The fraction of sp³-hybridized carbons (Fsp3) is 0.571. The van der Waals surface area contributed by atoms with Gasteiger partial charge in [-0.1, -0.05) is 25.6 Å². The Morgan fingerprint density at radius 1 is 1.32 bits per heavy atom. The molecule has 0 aromatic carbocycles. The van der Waals surface area contributed by atoms with E-state index in [0.717, 1.165) is 17.1 Å². The van der Waals surface area contributed by atoms with Crippen LogP contribution in [0.3, 0.4) is 0 Å². The van der Waals surface area contributed by atoms with Crippen LogP contribution in [0, 0.1) is 0 Å². The Hall–Kier alpha value is -1.12. The number of sulfonamides is 1. The maximum atomic E-state index is 11.9. The van der Waals surface area contributed by atoms with Gasteiger partial charge < -0.3 is 5.32 Å². The Balaban J connectivity index is 2.60. The van der Waals surface area contributed by atoms with E-state index in [4.69, 9.17) is 0 Å². The fourth-order valence-electron chi connectivity index (χ4n) is 1.72. The average molecular weight is 345 g/mol. The van der Waals surface area contributed by atoms with Crippen molar-refractivity contribution in [3.8, 4) is 0 Å². The van der Waals surface area contributed by atoms with Crippen LogP contribution in [0.25, 0.3) is 0 Å². The zero-order valence-electron chi connectivity index (χ0n) is 13.4. The minimum atomic E-state index is -3.47. The van der Waals surface area contributed by atoms with E-state index in [2.05, 4.69) is 10.3 Å². The average Bonchev–Trinajstić information content (AvgIpc) is 2.50. The number of carbonyl (C=O) groups is 1. The molecule has 6 nitrogen and oxygen atoms in total. The van der Waals surface area contributed by atoms with Crippen molar-refractivity contribution >= 4 is 27.7 Å². The number of thioether (sulfide) groups is 1. The molecule has 0 saturated heterocycles. The molecule has 1 amide bonds. The Morgan fingerprint density at radius 3 is 2.41 bits per heavy atom. The topological polar surface area (TPSA) is 79.4 Å². The van der Waals surface area contributed by atoms with Crippen molar-refractivity contribution in [3.63, 3.8) is 0 Å². The molecule has 0 spiro atoms. The van der Waals surface area contributed by atoms with Gasteiger partial charge in [0.15, 0.2) is 0 Å². The third-order valence-electron chi connectivity index (χ3n) is 3.19. The summed E-state index contributed by atoms with van der Waals surface area (Å²) in [7, 11) is -0.520. The van der Waals surface area contributed by atoms with Gasteiger partial charge >= 0.3 is 0 Å². The van der Waals surface area contributed by atoms with Crippen LogP contribution in [0.4, 0.5) is 0 Å². The third-order valence-corrected chi connectivity index (χ3v) is 5.93. The molecule has 0 aliphatic heterocycles. The second-order valence-electron chi connectivity index (χ2n) is 4.99. The first kappa shape index (κ1) is 18.9. The number of pyridine rings is 1. The van der Waals surface area contributed by atoms with E-state index in [1.807, 2.05) is 13.8 Å². The molecule has 0 aliphatic rings. The summed E-state index contributed by atoms with van der Waals surface area (Å²) < 4.78 is 25.0. The molecule has 8 heteroatoms. The van der Waals surface area contributed by atoms with Crippen molar-refractivity contribution in [1.82, 2.24) is 14.6 Å². The lowest BCUT2D eigenvalue weighted by Crippen LogP contribution is -2.35. The highest BCUT2D eigenvalue weighted by molar-refractivity contribution is 7.99. The molecular formula is C14H23N3O3S2. The zero-order valence-corrected chi connectivity index (χ0v) is 15.0. The SMILES string of the molecule is CCC(CC)NC(=O)CSc1ccc(S(=O)(=O)N(C)C)cn1. The second kappa shape index (κ2) is 8.50. The highest BCUT2D eigenvalue weighted by Crippen LogP contribution is 2.18. The second-order valence-corrected chi connectivity index (χ2v) is 8.14. The highest BCUT2D eigenvalue weighted by Gasteiger charge is 2.17. The Kier molecular flexibility index (Phi) is 7.31. The summed E-state index contributed by atoms with van der Waals surface area (Å²) in [6.07, 6.45) is 3.13. The third kappa shape index (κ3) is 5.26. The van der Waals surface area contributed by atoms with Crippen LogP contribution in [-0.4, -0.2) is 49.5 Å². The van der Waals surface area contributed by atoms with Gasteiger partial charge in [0.1, 0.15) is 4.90 Å². The molecule has 124 valence electrons. The molecule has 1 rings (SSSR count). The lowest BCUT2D eigenvalue weighted by molar-refractivity contribution is -0.119. The van der Waals surface area contributed by atoms with Crippen LogP contribution < -0.4 is 5.32 Å². The predicted molar refractivity (Wildman–Crippen MR) is 88.3 cm³/mol. The van der Waals surface area contributed by atoms with Crippen molar-refractivity contribution < 1.29 is 13.2 Å². The summed E-state index contributed by atoms with van der Waals surface area (Å²) in [5.74, 6) is 0.231. The molecule has 0 atom stereocenters.